The maximum absolute atomic E-state index is 13.6. The monoisotopic (exact) mass is 477 g/mol. The maximum atomic E-state index is 13.6. The Balaban J connectivity index is 1.54. The van der Waals surface area contributed by atoms with Crippen LogP contribution in [0.4, 0.5) is 10.1 Å². The van der Waals surface area contributed by atoms with E-state index < -0.39 is 26.0 Å². The maximum Gasteiger partial charge on any atom is 0.289 e. The Morgan fingerprint density at radius 3 is 2.21 bits per heavy atom. The molecule has 0 bridgehead atoms. The predicted molar refractivity (Wildman–Crippen MR) is 117 cm³/mol. The molecule has 2 aliphatic heterocycles. The lowest BCUT2D eigenvalue weighted by Gasteiger charge is -2.42. The van der Waals surface area contributed by atoms with E-state index in [1.165, 1.54) is 34.6 Å². The number of nitrogens with zero attached hydrogens (tertiary/aromatic N) is 3. The number of nitro groups is 1. The summed E-state index contributed by atoms with van der Waals surface area (Å²) in [4.78, 5) is 25.5. The SMILES string of the molecule is O=C(N1CCN(S(=O)(=O)c2ccccc2[N+](=O)[O-])CC1)C1(c2ccc(F)cc2)CCOCC1. The summed E-state index contributed by atoms with van der Waals surface area (Å²) in [7, 11) is -4.09. The molecular weight excluding hydrogens is 453 g/mol. The first-order chi connectivity index (χ1) is 15.8. The minimum atomic E-state index is -4.09. The zero-order valence-corrected chi connectivity index (χ0v) is 18.7. The molecule has 0 spiro atoms. The van der Waals surface area contributed by atoms with Crippen molar-refractivity contribution < 1.29 is 27.3 Å². The van der Waals surface area contributed by atoms with Crippen LogP contribution in [0.5, 0.6) is 0 Å². The minimum Gasteiger partial charge on any atom is -0.381 e. The van der Waals surface area contributed by atoms with E-state index in [1.54, 1.807) is 17.0 Å². The molecule has 2 saturated heterocycles. The average molecular weight is 478 g/mol. The Morgan fingerprint density at radius 1 is 1.00 bits per heavy atom. The summed E-state index contributed by atoms with van der Waals surface area (Å²) < 4.78 is 46.3. The number of para-hydroxylation sites is 1. The van der Waals surface area contributed by atoms with Crippen molar-refractivity contribution >= 4 is 21.6 Å². The van der Waals surface area contributed by atoms with Crippen LogP contribution in [0.15, 0.2) is 53.4 Å². The Kier molecular flexibility index (Phi) is 6.46. The van der Waals surface area contributed by atoms with Gasteiger partial charge in [-0.2, -0.15) is 4.31 Å². The molecule has 4 rings (SSSR count). The summed E-state index contributed by atoms with van der Waals surface area (Å²) in [5, 5.41) is 11.3. The van der Waals surface area contributed by atoms with E-state index in [4.69, 9.17) is 4.74 Å². The number of ether oxygens (including phenoxy) is 1. The third kappa shape index (κ3) is 4.35. The van der Waals surface area contributed by atoms with Gasteiger partial charge >= 0.3 is 0 Å². The first kappa shape index (κ1) is 23.3. The van der Waals surface area contributed by atoms with Gasteiger partial charge in [0.25, 0.3) is 5.69 Å². The van der Waals surface area contributed by atoms with Gasteiger partial charge in [-0.3, -0.25) is 14.9 Å². The van der Waals surface area contributed by atoms with Gasteiger partial charge in [-0.25, -0.2) is 12.8 Å². The molecular formula is C22H24FN3O6S. The quantitative estimate of drug-likeness (QED) is 0.483. The molecule has 2 aliphatic rings. The van der Waals surface area contributed by atoms with Crippen LogP contribution in [-0.2, 0) is 25.0 Å². The van der Waals surface area contributed by atoms with Gasteiger partial charge in [0.1, 0.15) is 5.82 Å². The fraction of sp³-hybridized carbons (Fsp3) is 0.409. The molecule has 0 N–H and O–H groups in total. The van der Waals surface area contributed by atoms with Crippen molar-refractivity contribution in [1.82, 2.24) is 9.21 Å². The molecule has 2 aromatic rings. The van der Waals surface area contributed by atoms with Crippen molar-refractivity contribution in [3.05, 3.63) is 70.0 Å². The lowest BCUT2D eigenvalue weighted by Crippen LogP contribution is -2.56. The van der Waals surface area contributed by atoms with Crippen molar-refractivity contribution in [3.63, 3.8) is 0 Å². The van der Waals surface area contributed by atoms with E-state index in [0.29, 0.717) is 31.6 Å². The highest BCUT2D eigenvalue weighted by atomic mass is 32.2. The number of rotatable bonds is 5. The Labute approximate surface area is 191 Å². The van der Waals surface area contributed by atoms with Gasteiger partial charge in [0.05, 0.1) is 10.3 Å². The zero-order valence-electron chi connectivity index (χ0n) is 17.9. The van der Waals surface area contributed by atoms with Crippen LogP contribution >= 0.6 is 0 Å². The first-order valence-electron chi connectivity index (χ1n) is 10.6. The number of carbonyl (C=O) groups excluding carboxylic acids is 1. The molecule has 33 heavy (non-hydrogen) atoms. The third-order valence-corrected chi connectivity index (χ3v) is 8.30. The minimum absolute atomic E-state index is 0.0239. The van der Waals surface area contributed by atoms with E-state index >= 15 is 0 Å². The number of sulfonamides is 1. The van der Waals surface area contributed by atoms with E-state index in [0.717, 1.165) is 6.07 Å². The van der Waals surface area contributed by atoms with Gasteiger partial charge in [0.15, 0.2) is 4.90 Å². The number of nitro benzene ring substituents is 1. The van der Waals surface area contributed by atoms with E-state index in [2.05, 4.69) is 0 Å². The number of piperazine rings is 1. The van der Waals surface area contributed by atoms with Gasteiger partial charge in [-0.05, 0) is 36.6 Å². The molecule has 0 aliphatic carbocycles. The molecule has 0 aromatic heterocycles. The second kappa shape index (κ2) is 9.16. The lowest BCUT2D eigenvalue weighted by molar-refractivity contribution is -0.387. The molecule has 9 nitrogen and oxygen atoms in total. The number of benzene rings is 2. The summed E-state index contributed by atoms with van der Waals surface area (Å²) in [6.45, 7) is 1.15. The van der Waals surface area contributed by atoms with Crippen LogP contribution in [0.2, 0.25) is 0 Å². The smallest absolute Gasteiger partial charge is 0.289 e. The largest absolute Gasteiger partial charge is 0.381 e. The molecule has 0 saturated carbocycles. The molecule has 0 unspecified atom stereocenters. The Hall–Kier alpha value is -2.89. The fourth-order valence-electron chi connectivity index (χ4n) is 4.51. The number of hydrogen-bond acceptors (Lipinski definition) is 6. The average Bonchev–Trinajstić information content (AvgIpc) is 2.84. The van der Waals surface area contributed by atoms with Crippen LogP contribution in [0.1, 0.15) is 18.4 Å². The van der Waals surface area contributed by atoms with Crippen molar-refractivity contribution in [2.24, 2.45) is 0 Å². The fourth-order valence-corrected chi connectivity index (χ4v) is 6.09. The second-order valence-electron chi connectivity index (χ2n) is 8.12. The molecule has 11 heteroatoms. The highest BCUT2D eigenvalue weighted by Crippen LogP contribution is 2.37. The lowest BCUT2D eigenvalue weighted by atomic mass is 9.73. The number of hydrogen-bond donors (Lipinski definition) is 0. The highest BCUT2D eigenvalue weighted by Gasteiger charge is 2.45. The standard InChI is InChI=1S/C22H24FN3O6S/c23-18-7-5-17(6-8-18)22(9-15-32-16-10-22)21(27)24-11-13-25(14-12-24)33(30,31)20-4-2-1-3-19(20)26(28)29/h1-8H,9-16H2. The van der Waals surface area contributed by atoms with Gasteiger partial charge in [0.2, 0.25) is 15.9 Å². The Morgan fingerprint density at radius 2 is 1.61 bits per heavy atom. The van der Waals surface area contributed by atoms with Crippen molar-refractivity contribution in [3.8, 4) is 0 Å². The van der Waals surface area contributed by atoms with Crippen LogP contribution < -0.4 is 0 Å². The summed E-state index contributed by atoms with van der Waals surface area (Å²) >= 11 is 0. The summed E-state index contributed by atoms with van der Waals surface area (Å²) in [5.74, 6) is -0.526. The van der Waals surface area contributed by atoms with E-state index in [1.807, 2.05) is 0 Å². The number of carbonyl (C=O) groups is 1. The van der Waals surface area contributed by atoms with E-state index in [-0.39, 0.29) is 42.8 Å². The highest BCUT2D eigenvalue weighted by molar-refractivity contribution is 7.89. The first-order valence-corrected chi connectivity index (χ1v) is 12.1. The predicted octanol–water partition coefficient (Wildman–Crippen LogP) is 2.32. The third-order valence-electron chi connectivity index (χ3n) is 6.36. The molecule has 1 amide bonds. The zero-order chi connectivity index (χ0) is 23.6. The normalized spacial score (nSPS) is 19.2. The van der Waals surface area contributed by atoms with Crippen LogP contribution in [-0.4, -0.2) is 67.8 Å². The van der Waals surface area contributed by atoms with Crippen molar-refractivity contribution in [1.29, 1.82) is 0 Å². The molecule has 0 radical (unpaired) electrons. The molecule has 2 fully saturated rings. The molecule has 2 aromatic carbocycles. The summed E-state index contributed by atoms with van der Waals surface area (Å²) in [6.07, 6.45) is 0.901. The van der Waals surface area contributed by atoms with Gasteiger partial charge in [-0.15, -0.1) is 0 Å². The Bertz CT molecular complexity index is 1140. The number of amides is 1. The molecule has 0 atom stereocenters. The van der Waals surface area contributed by atoms with Crippen LogP contribution in [0, 0.1) is 15.9 Å². The van der Waals surface area contributed by atoms with Crippen LogP contribution in [0.3, 0.4) is 0 Å². The van der Waals surface area contributed by atoms with Crippen molar-refractivity contribution in [2.75, 3.05) is 39.4 Å². The summed E-state index contributed by atoms with van der Waals surface area (Å²) in [5.41, 5.74) is -0.619. The van der Waals surface area contributed by atoms with E-state index in [9.17, 15) is 27.7 Å². The van der Waals surface area contributed by atoms with Gasteiger partial charge < -0.3 is 9.64 Å². The topological polar surface area (TPSA) is 110 Å². The molecule has 176 valence electrons. The second-order valence-corrected chi connectivity index (χ2v) is 10.0. The van der Waals surface area contributed by atoms with Crippen molar-refractivity contribution in [2.45, 2.75) is 23.2 Å². The van der Waals surface area contributed by atoms with Gasteiger partial charge in [0, 0.05) is 45.5 Å². The van der Waals surface area contributed by atoms with Crippen LogP contribution in [0.25, 0.3) is 0 Å². The number of halogens is 1. The molecule has 2 heterocycles. The van der Waals surface area contributed by atoms with Gasteiger partial charge in [-0.1, -0.05) is 24.3 Å². The summed E-state index contributed by atoms with van der Waals surface area (Å²) in [6, 6.07) is 11.1.